The molecular formula is C17H22N4O. The molecule has 0 spiro atoms. The number of imidazole rings is 1. The third-order valence-electron chi connectivity index (χ3n) is 4.07. The maximum atomic E-state index is 5.45. The molecule has 5 heteroatoms. The molecule has 0 unspecified atom stereocenters. The van der Waals surface area contributed by atoms with Crippen LogP contribution in [-0.2, 0) is 11.3 Å². The number of rotatable bonds is 5. The summed E-state index contributed by atoms with van der Waals surface area (Å²) in [6.07, 6.45) is 5.23. The lowest BCUT2D eigenvalue weighted by Gasteiger charge is -2.33. The first-order valence-corrected chi connectivity index (χ1v) is 7.69. The number of anilines is 1. The van der Waals surface area contributed by atoms with Crippen LogP contribution in [0.25, 0.3) is 11.0 Å². The Hall–Kier alpha value is -2.03. The summed E-state index contributed by atoms with van der Waals surface area (Å²) in [4.78, 5) is 9.54. The van der Waals surface area contributed by atoms with Crippen molar-refractivity contribution < 1.29 is 4.74 Å². The van der Waals surface area contributed by atoms with Crippen molar-refractivity contribution in [3.8, 4) is 12.3 Å². The number of aromatic nitrogens is 2. The molecule has 0 amide bonds. The van der Waals surface area contributed by atoms with E-state index in [1.807, 2.05) is 6.07 Å². The van der Waals surface area contributed by atoms with Gasteiger partial charge < -0.3 is 19.1 Å². The molecule has 1 aliphatic heterocycles. The molecule has 5 nitrogen and oxygen atoms in total. The molecule has 0 bridgehead atoms. The van der Waals surface area contributed by atoms with Crippen molar-refractivity contribution in [1.82, 2.24) is 14.5 Å². The van der Waals surface area contributed by atoms with Crippen molar-refractivity contribution in [3.63, 3.8) is 0 Å². The Labute approximate surface area is 131 Å². The number of benzene rings is 1. The number of nitrogens with zero attached hydrogens (tertiary/aromatic N) is 4. The average molecular weight is 298 g/mol. The van der Waals surface area contributed by atoms with Crippen molar-refractivity contribution >= 4 is 17.0 Å². The monoisotopic (exact) mass is 298 g/mol. The van der Waals surface area contributed by atoms with Crippen LogP contribution in [-0.4, -0.2) is 60.9 Å². The first-order valence-electron chi connectivity index (χ1n) is 7.69. The number of fused-ring (bicyclic) bond motifs is 1. The maximum absolute atomic E-state index is 5.45. The van der Waals surface area contributed by atoms with Crippen molar-refractivity contribution in [3.05, 3.63) is 24.3 Å². The standard InChI is InChI=1S/C17H22N4O/c1-3-13-22-14-12-21-16-7-5-4-6-15(16)18-17(21)20-10-8-19(2)9-11-20/h1,4-7H,8-14H2,2H3. The largest absolute Gasteiger partial charge is 0.367 e. The lowest BCUT2D eigenvalue weighted by atomic mass is 10.3. The maximum Gasteiger partial charge on any atom is 0.206 e. The zero-order chi connectivity index (χ0) is 15.4. The van der Waals surface area contributed by atoms with E-state index in [1.165, 1.54) is 0 Å². The molecule has 1 aromatic carbocycles. The quantitative estimate of drug-likeness (QED) is 0.618. The van der Waals surface area contributed by atoms with E-state index in [0.717, 1.165) is 49.7 Å². The van der Waals surface area contributed by atoms with Gasteiger partial charge in [0.1, 0.15) is 6.61 Å². The number of hydrogen-bond donors (Lipinski definition) is 0. The second-order valence-corrected chi connectivity index (χ2v) is 5.60. The van der Waals surface area contributed by atoms with Crippen LogP contribution in [0.15, 0.2) is 24.3 Å². The third-order valence-corrected chi connectivity index (χ3v) is 4.07. The number of hydrogen-bond acceptors (Lipinski definition) is 4. The fraction of sp³-hybridized carbons (Fsp3) is 0.471. The van der Waals surface area contributed by atoms with Gasteiger partial charge in [0.05, 0.1) is 17.6 Å². The third kappa shape index (κ3) is 3.08. The van der Waals surface area contributed by atoms with Crippen LogP contribution in [0.3, 0.4) is 0 Å². The molecule has 0 aliphatic carbocycles. The van der Waals surface area contributed by atoms with Gasteiger partial charge in [-0.05, 0) is 19.2 Å². The van der Waals surface area contributed by atoms with E-state index in [0.29, 0.717) is 13.2 Å². The Kier molecular flexibility index (Phi) is 4.62. The Morgan fingerprint density at radius 2 is 2.00 bits per heavy atom. The molecule has 2 aromatic rings. The molecular weight excluding hydrogens is 276 g/mol. The molecule has 0 radical (unpaired) electrons. The topological polar surface area (TPSA) is 33.5 Å². The van der Waals surface area contributed by atoms with Gasteiger partial charge in [-0.2, -0.15) is 0 Å². The molecule has 1 aliphatic rings. The predicted octanol–water partition coefficient (Wildman–Crippen LogP) is 1.44. The number of likely N-dealkylation sites (N-methyl/N-ethyl adjacent to an activating group) is 1. The van der Waals surface area contributed by atoms with Crippen molar-refractivity contribution in [2.75, 3.05) is 51.3 Å². The van der Waals surface area contributed by atoms with Crippen LogP contribution in [0.1, 0.15) is 0 Å². The summed E-state index contributed by atoms with van der Waals surface area (Å²) in [5.41, 5.74) is 2.19. The average Bonchev–Trinajstić information content (AvgIpc) is 2.91. The minimum Gasteiger partial charge on any atom is -0.367 e. The SMILES string of the molecule is C#CCOCCn1c(N2CCN(C)CC2)nc2ccccc21. The van der Waals surface area contributed by atoms with Gasteiger partial charge in [0.25, 0.3) is 0 Å². The normalized spacial score (nSPS) is 16.1. The number of ether oxygens (including phenoxy) is 1. The van der Waals surface area contributed by atoms with E-state index in [4.69, 9.17) is 16.1 Å². The molecule has 0 saturated carbocycles. The van der Waals surface area contributed by atoms with Gasteiger partial charge in [-0.3, -0.25) is 0 Å². The van der Waals surface area contributed by atoms with E-state index in [9.17, 15) is 0 Å². The second kappa shape index (κ2) is 6.82. The Bertz CT molecular complexity index is 665. The summed E-state index contributed by atoms with van der Waals surface area (Å²) in [6.45, 7) is 5.87. The van der Waals surface area contributed by atoms with Gasteiger partial charge in [-0.15, -0.1) is 6.42 Å². The van der Waals surface area contributed by atoms with Crippen molar-refractivity contribution in [1.29, 1.82) is 0 Å². The molecule has 116 valence electrons. The van der Waals surface area contributed by atoms with Gasteiger partial charge >= 0.3 is 0 Å². The van der Waals surface area contributed by atoms with Crippen LogP contribution in [0, 0.1) is 12.3 Å². The number of terminal acetylenes is 1. The highest BCUT2D eigenvalue weighted by Gasteiger charge is 2.20. The van der Waals surface area contributed by atoms with E-state index in [1.54, 1.807) is 0 Å². The summed E-state index contributed by atoms with van der Waals surface area (Å²) in [5, 5.41) is 0. The van der Waals surface area contributed by atoms with E-state index in [-0.39, 0.29) is 0 Å². The van der Waals surface area contributed by atoms with Crippen LogP contribution < -0.4 is 4.90 Å². The highest BCUT2D eigenvalue weighted by Crippen LogP contribution is 2.23. The number of para-hydroxylation sites is 2. The van der Waals surface area contributed by atoms with E-state index < -0.39 is 0 Å². The smallest absolute Gasteiger partial charge is 0.206 e. The summed E-state index contributed by atoms with van der Waals surface area (Å²) < 4.78 is 7.70. The Morgan fingerprint density at radius 1 is 1.23 bits per heavy atom. The number of piperazine rings is 1. The fourth-order valence-corrected chi connectivity index (χ4v) is 2.82. The van der Waals surface area contributed by atoms with Crippen molar-refractivity contribution in [2.24, 2.45) is 0 Å². The lowest BCUT2D eigenvalue weighted by molar-refractivity contribution is 0.158. The fourth-order valence-electron chi connectivity index (χ4n) is 2.82. The molecule has 1 aromatic heterocycles. The van der Waals surface area contributed by atoms with Gasteiger partial charge in [-0.25, -0.2) is 4.98 Å². The van der Waals surface area contributed by atoms with Gasteiger partial charge in [0.15, 0.2) is 0 Å². The minimum atomic E-state index is 0.358. The van der Waals surface area contributed by atoms with E-state index in [2.05, 4.69) is 45.5 Å². The summed E-state index contributed by atoms with van der Waals surface area (Å²) in [5.74, 6) is 3.55. The van der Waals surface area contributed by atoms with Crippen molar-refractivity contribution in [2.45, 2.75) is 6.54 Å². The van der Waals surface area contributed by atoms with Gasteiger partial charge in [0.2, 0.25) is 5.95 Å². The first kappa shape index (κ1) is 14.9. The van der Waals surface area contributed by atoms with E-state index >= 15 is 0 Å². The molecule has 22 heavy (non-hydrogen) atoms. The van der Waals surface area contributed by atoms with Crippen LogP contribution in [0.5, 0.6) is 0 Å². The van der Waals surface area contributed by atoms with Crippen LogP contribution in [0.4, 0.5) is 5.95 Å². The molecule has 3 rings (SSSR count). The molecule has 0 N–H and O–H groups in total. The first-order chi connectivity index (χ1) is 10.8. The minimum absolute atomic E-state index is 0.358. The second-order valence-electron chi connectivity index (χ2n) is 5.60. The Morgan fingerprint density at radius 3 is 2.77 bits per heavy atom. The molecule has 2 heterocycles. The summed E-state index contributed by atoms with van der Waals surface area (Å²) in [7, 11) is 2.16. The van der Waals surface area contributed by atoms with Gasteiger partial charge in [0, 0.05) is 32.7 Å². The predicted molar refractivity (Wildman–Crippen MR) is 89.1 cm³/mol. The molecule has 0 atom stereocenters. The molecule has 1 fully saturated rings. The summed E-state index contributed by atoms with van der Waals surface area (Å²) >= 11 is 0. The van der Waals surface area contributed by atoms with Crippen LogP contribution >= 0.6 is 0 Å². The molecule has 1 saturated heterocycles. The van der Waals surface area contributed by atoms with Crippen LogP contribution in [0.2, 0.25) is 0 Å². The zero-order valence-corrected chi connectivity index (χ0v) is 13.0. The summed E-state index contributed by atoms with van der Waals surface area (Å²) in [6, 6.07) is 8.26. The zero-order valence-electron chi connectivity index (χ0n) is 13.0. The van der Waals surface area contributed by atoms with Gasteiger partial charge in [-0.1, -0.05) is 18.1 Å². The highest BCUT2D eigenvalue weighted by molar-refractivity contribution is 5.78. The lowest BCUT2D eigenvalue weighted by Crippen LogP contribution is -2.45. The highest BCUT2D eigenvalue weighted by atomic mass is 16.5. The Balaban J connectivity index is 1.85.